The summed E-state index contributed by atoms with van der Waals surface area (Å²) in [5.74, 6) is 3.20. The number of hydrogen-bond acceptors (Lipinski definition) is 2. The van der Waals surface area contributed by atoms with E-state index < -0.39 is 0 Å². The van der Waals surface area contributed by atoms with Crippen molar-refractivity contribution in [2.24, 2.45) is 11.8 Å². The molecule has 2 unspecified atom stereocenters. The van der Waals surface area contributed by atoms with E-state index in [2.05, 4.69) is 25.4 Å². The van der Waals surface area contributed by atoms with Gasteiger partial charge in [-0.3, -0.25) is 0 Å². The van der Waals surface area contributed by atoms with Crippen LogP contribution < -0.4 is 5.32 Å². The van der Waals surface area contributed by atoms with Gasteiger partial charge in [-0.25, -0.2) is 0 Å². The fourth-order valence-electron chi connectivity index (χ4n) is 3.21. The van der Waals surface area contributed by atoms with Crippen LogP contribution in [0.2, 0.25) is 0 Å². The van der Waals surface area contributed by atoms with Crippen LogP contribution in [0.25, 0.3) is 0 Å². The first kappa shape index (κ1) is 16.4. The molecule has 2 atom stereocenters. The lowest BCUT2D eigenvalue weighted by molar-refractivity contribution is 0.252. The molecular formula is C16H33NS. The molecule has 0 amide bonds. The first-order valence-corrected chi connectivity index (χ1v) is 9.34. The van der Waals surface area contributed by atoms with Crippen molar-refractivity contribution in [3.63, 3.8) is 0 Å². The summed E-state index contributed by atoms with van der Waals surface area (Å²) in [6.07, 6.45) is 13.6. The van der Waals surface area contributed by atoms with Gasteiger partial charge in [0, 0.05) is 6.04 Å². The summed E-state index contributed by atoms with van der Waals surface area (Å²) in [5.41, 5.74) is 0. The van der Waals surface area contributed by atoms with Crippen LogP contribution in [0.5, 0.6) is 0 Å². The third-order valence-corrected chi connectivity index (χ3v) is 4.74. The minimum Gasteiger partial charge on any atom is -0.314 e. The lowest BCUT2D eigenvalue weighted by atomic mass is 9.81. The molecule has 18 heavy (non-hydrogen) atoms. The molecule has 0 aromatic rings. The number of rotatable bonds is 9. The van der Waals surface area contributed by atoms with Gasteiger partial charge in [-0.2, -0.15) is 11.8 Å². The Kier molecular flexibility index (Phi) is 9.22. The average Bonchev–Trinajstić information content (AvgIpc) is 2.33. The summed E-state index contributed by atoms with van der Waals surface area (Å²) >= 11 is 1.97. The fourth-order valence-corrected chi connectivity index (χ4v) is 3.70. The topological polar surface area (TPSA) is 12.0 Å². The monoisotopic (exact) mass is 271 g/mol. The van der Waals surface area contributed by atoms with E-state index in [0.717, 1.165) is 17.9 Å². The molecule has 1 nitrogen and oxygen atoms in total. The molecule has 1 saturated carbocycles. The molecule has 1 N–H and O–H groups in total. The van der Waals surface area contributed by atoms with Crippen molar-refractivity contribution in [2.45, 2.75) is 71.3 Å². The van der Waals surface area contributed by atoms with Crippen molar-refractivity contribution in [3.8, 4) is 0 Å². The summed E-state index contributed by atoms with van der Waals surface area (Å²) < 4.78 is 0. The molecular weight excluding hydrogens is 238 g/mol. The van der Waals surface area contributed by atoms with E-state index in [-0.39, 0.29) is 0 Å². The molecule has 1 rings (SSSR count). The molecule has 0 saturated heterocycles. The van der Waals surface area contributed by atoms with Crippen molar-refractivity contribution in [2.75, 3.05) is 18.6 Å². The van der Waals surface area contributed by atoms with Gasteiger partial charge in [-0.1, -0.05) is 33.1 Å². The second kappa shape index (κ2) is 10.1. The Bertz CT molecular complexity index is 194. The first-order chi connectivity index (χ1) is 8.72. The highest BCUT2D eigenvalue weighted by Crippen LogP contribution is 2.29. The molecule has 0 spiro atoms. The van der Waals surface area contributed by atoms with Crippen molar-refractivity contribution in [1.29, 1.82) is 0 Å². The van der Waals surface area contributed by atoms with Crippen LogP contribution in [-0.2, 0) is 0 Å². The highest BCUT2D eigenvalue weighted by molar-refractivity contribution is 7.98. The molecule has 1 fully saturated rings. The molecule has 108 valence electrons. The number of thioether (sulfide) groups is 1. The number of nitrogens with one attached hydrogen (secondary N) is 1. The molecule has 1 aliphatic rings. The van der Waals surface area contributed by atoms with E-state index in [1.54, 1.807) is 0 Å². The van der Waals surface area contributed by atoms with E-state index in [9.17, 15) is 0 Å². The number of unbranched alkanes of at least 4 members (excludes halogenated alkanes) is 2. The summed E-state index contributed by atoms with van der Waals surface area (Å²) in [5, 5.41) is 3.79. The van der Waals surface area contributed by atoms with Crippen LogP contribution in [0.1, 0.15) is 65.2 Å². The van der Waals surface area contributed by atoms with Gasteiger partial charge >= 0.3 is 0 Å². The Balaban J connectivity index is 2.03. The van der Waals surface area contributed by atoms with Crippen LogP contribution in [0, 0.1) is 11.8 Å². The molecule has 0 radical (unpaired) electrons. The predicted octanol–water partition coefficient (Wildman–Crippen LogP) is 4.71. The largest absolute Gasteiger partial charge is 0.314 e. The van der Waals surface area contributed by atoms with E-state index in [1.165, 1.54) is 63.7 Å². The van der Waals surface area contributed by atoms with Gasteiger partial charge in [0.25, 0.3) is 0 Å². The van der Waals surface area contributed by atoms with Gasteiger partial charge in [0.2, 0.25) is 0 Å². The van der Waals surface area contributed by atoms with E-state index in [0.29, 0.717) is 0 Å². The van der Waals surface area contributed by atoms with E-state index >= 15 is 0 Å². The Morgan fingerprint density at radius 3 is 2.72 bits per heavy atom. The maximum Gasteiger partial charge on any atom is 0.00697 e. The summed E-state index contributed by atoms with van der Waals surface area (Å²) in [6.45, 7) is 5.97. The highest BCUT2D eigenvalue weighted by Gasteiger charge is 2.21. The van der Waals surface area contributed by atoms with E-state index in [4.69, 9.17) is 0 Å². The van der Waals surface area contributed by atoms with Gasteiger partial charge in [0.15, 0.2) is 0 Å². The molecule has 0 aliphatic heterocycles. The molecule has 0 aromatic carbocycles. The zero-order valence-electron chi connectivity index (χ0n) is 12.7. The average molecular weight is 272 g/mol. The normalized spacial score (nSPS) is 24.7. The SMILES string of the molecule is CSCCCCCNC1CCCC(CC(C)C)C1. The predicted molar refractivity (Wildman–Crippen MR) is 85.4 cm³/mol. The minimum atomic E-state index is 0.822. The molecule has 2 heteroatoms. The Morgan fingerprint density at radius 1 is 1.17 bits per heavy atom. The molecule has 0 heterocycles. The summed E-state index contributed by atoms with van der Waals surface area (Å²) in [4.78, 5) is 0. The molecule has 0 aromatic heterocycles. The van der Waals surface area contributed by atoms with E-state index in [1.807, 2.05) is 11.8 Å². The maximum atomic E-state index is 3.79. The van der Waals surface area contributed by atoms with Crippen LogP contribution in [0.4, 0.5) is 0 Å². The maximum absolute atomic E-state index is 3.79. The van der Waals surface area contributed by atoms with Gasteiger partial charge in [-0.15, -0.1) is 0 Å². The van der Waals surface area contributed by atoms with Crippen LogP contribution in [0.3, 0.4) is 0 Å². The summed E-state index contributed by atoms with van der Waals surface area (Å²) in [6, 6.07) is 0.822. The van der Waals surface area contributed by atoms with Crippen molar-refractivity contribution in [3.05, 3.63) is 0 Å². The molecule has 1 aliphatic carbocycles. The fraction of sp³-hybridized carbons (Fsp3) is 1.00. The lowest BCUT2D eigenvalue weighted by Gasteiger charge is -2.31. The number of hydrogen-bond donors (Lipinski definition) is 1. The van der Waals surface area contributed by atoms with Gasteiger partial charge in [-0.05, 0) is 62.5 Å². The van der Waals surface area contributed by atoms with Crippen molar-refractivity contribution in [1.82, 2.24) is 5.32 Å². The standard InChI is InChI=1S/C16H33NS/c1-14(2)12-15-8-7-9-16(13-15)17-10-5-4-6-11-18-3/h14-17H,4-13H2,1-3H3. The zero-order chi connectivity index (χ0) is 13.2. The first-order valence-electron chi connectivity index (χ1n) is 7.94. The Hall–Kier alpha value is 0.310. The lowest BCUT2D eigenvalue weighted by Crippen LogP contribution is -2.35. The van der Waals surface area contributed by atoms with Gasteiger partial charge < -0.3 is 5.32 Å². The highest BCUT2D eigenvalue weighted by atomic mass is 32.2. The zero-order valence-corrected chi connectivity index (χ0v) is 13.5. The van der Waals surface area contributed by atoms with Crippen molar-refractivity contribution < 1.29 is 0 Å². The second-order valence-corrected chi connectivity index (χ2v) is 7.35. The van der Waals surface area contributed by atoms with Crippen LogP contribution >= 0.6 is 11.8 Å². The van der Waals surface area contributed by atoms with Crippen molar-refractivity contribution >= 4 is 11.8 Å². The van der Waals surface area contributed by atoms with Crippen LogP contribution in [-0.4, -0.2) is 24.6 Å². The third kappa shape index (κ3) is 7.68. The molecule has 0 bridgehead atoms. The minimum absolute atomic E-state index is 0.822. The Labute approximate surface area is 119 Å². The summed E-state index contributed by atoms with van der Waals surface area (Å²) in [7, 11) is 0. The Morgan fingerprint density at radius 2 is 2.00 bits per heavy atom. The smallest absolute Gasteiger partial charge is 0.00697 e. The van der Waals surface area contributed by atoms with Gasteiger partial charge in [0.1, 0.15) is 0 Å². The third-order valence-electron chi connectivity index (χ3n) is 4.05. The second-order valence-electron chi connectivity index (χ2n) is 6.37. The van der Waals surface area contributed by atoms with Crippen LogP contribution in [0.15, 0.2) is 0 Å². The quantitative estimate of drug-likeness (QED) is 0.609. The van der Waals surface area contributed by atoms with Gasteiger partial charge in [0.05, 0.1) is 0 Å².